The van der Waals surface area contributed by atoms with Gasteiger partial charge < -0.3 is 11.1 Å². The third-order valence-corrected chi connectivity index (χ3v) is 2.74. The molecule has 0 spiro atoms. The molecule has 3 N–H and O–H groups in total. The predicted molar refractivity (Wildman–Crippen MR) is 67.5 cm³/mol. The first kappa shape index (κ1) is 15.3. The summed E-state index contributed by atoms with van der Waals surface area (Å²) < 4.78 is 38.3. The van der Waals surface area contributed by atoms with Crippen LogP contribution in [0, 0.1) is 11.3 Å². The maximum absolute atomic E-state index is 12.8. The number of nitrogens with one attached hydrogen (secondary N) is 1. The number of nitrogens with two attached hydrogens (primary N) is 1. The Morgan fingerprint density at radius 3 is 2.58 bits per heavy atom. The normalized spacial score (nSPS) is 12.8. The van der Waals surface area contributed by atoms with Crippen LogP contribution in [0.15, 0.2) is 18.2 Å². The number of alkyl halides is 3. The summed E-state index contributed by atoms with van der Waals surface area (Å²) in [5.41, 5.74) is 4.58. The van der Waals surface area contributed by atoms with Crippen molar-refractivity contribution in [2.45, 2.75) is 32.0 Å². The Morgan fingerprint density at radius 1 is 1.42 bits per heavy atom. The van der Waals surface area contributed by atoms with E-state index in [0.29, 0.717) is 12.2 Å². The SMILES string of the molecule is CCCC(CN)Nc1ccc(C#N)c(C(F)(F)F)c1. The lowest BCUT2D eigenvalue weighted by atomic mass is 10.1. The lowest BCUT2D eigenvalue weighted by Gasteiger charge is -2.18. The fourth-order valence-corrected chi connectivity index (χ4v) is 1.80. The molecule has 0 amide bonds. The van der Waals surface area contributed by atoms with Gasteiger partial charge >= 0.3 is 6.18 Å². The summed E-state index contributed by atoms with van der Waals surface area (Å²) >= 11 is 0. The molecule has 0 radical (unpaired) electrons. The minimum Gasteiger partial charge on any atom is -0.381 e. The molecule has 0 heterocycles. The van der Waals surface area contributed by atoms with Crippen LogP contribution in [0.5, 0.6) is 0 Å². The highest BCUT2D eigenvalue weighted by Gasteiger charge is 2.33. The molecule has 6 heteroatoms. The molecular weight excluding hydrogens is 255 g/mol. The van der Waals surface area contributed by atoms with E-state index >= 15 is 0 Å². The molecule has 0 saturated carbocycles. The Kier molecular flexibility index (Phi) is 5.19. The zero-order valence-corrected chi connectivity index (χ0v) is 10.6. The number of halogens is 3. The second-order valence-electron chi connectivity index (χ2n) is 4.24. The van der Waals surface area contributed by atoms with Gasteiger partial charge in [0.1, 0.15) is 0 Å². The van der Waals surface area contributed by atoms with Gasteiger partial charge in [0.05, 0.1) is 17.2 Å². The Labute approximate surface area is 110 Å². The van der Waals surface area contributed by atoms with Gasteiger partial charge in [0, 0.05) is 18.3 Å². The minimum atomic E-state index is -4.54. The summed E-state index contributed by atoms with van der Waals surface area (Å²) in [6.45, 7) is 2.32. The van der Waals surface area contributed by atoms with Gasteiger partial charge in [-0.05, 0) is 24.6 Å². The number of anilines is 1. The summed E-state index contributed by atoms with van der Waals surface area (Å²) in [6, 6.07) is 5.07. The van der Waals surface area contributed by atoms with E-state index in [1.54, 1.807) is 6.07 Å². The lowest BCUT2D eigenvalue weighted by molar-refractivity contribution is -0.137. The molecule has 1 atom stereocenters. The first-order valence-corrected chi connectivity index (χ1v) is 6.00. The van der Waals surface area contributed by atoms with Gasteiger partial charge in [-0.3, -0.25) is 0 Å². The zero-order valence-electron chi connectivity index (χ0n) is 10.6. The molecule has 0 aliphatic carbocycles. The van der Waals surface area contributed by atoms with Crippen molar-refractivity contribution >= 4 is 5.69 Å². The van der Waals surface area contributed by atoms with Crippen LogP contribution in [0.1, 0.15) is 30.9 Å². The van der Waals surface area contributed by atoms with E-state index in [1.807, 2.05) is 6.92 Å². The highest BCUT2D eigenvalue weighted by Crippen LogP contribution is 2.33. The summed E-state index contributed by atoms with van der Waals surface area (Å²) in [5.74, 6) is 0. The average Bonchev–Trinajstić information content (AvgIpc) is 2.37. The average molecular weight is 271 g/mol. The third kappa shape index (κ3) is 4.14. The van der Waals surface area contributed by atoms with E-state index in [1.165, 1.54) is 12.1 Å². The molecule has 0 aliphatic rings. The van der Waals surface area contributed by atoms with Crippen molar-refractivity contribution in [1.82, 2.24) is 0 Å². The molecule has 1 rings (SSSR count). The molecule has 0 aromatic heterocycles. The van der Waals surface area contributed by atoms with Gasteiger partial charge in [0.25, 0.3) is 0 Å². The molecule has 3 nitrogen and oxygen atoms in total. The molecule has 0 bridgehead atoms. The van der Waals surface area contributed by atoms with E-state index in [9.17, 15) is 13.2 Å². The van der Waals surface area contributed by atoms with E-state index in [-0.39, 0.29) is 11.6 Å². The van der Waals surface area contributed by atoms with Crippen LogP contribution in [0.4, 0.5) is 18.9 Å². The van der Waals surface area contributed by atoms with Crippen molar-refractivity contribution in [3.05, 3.63) is 29.3 Å². The molecule has 1 aromatic carbocycles. The summed E-state index contributed by atoms with van der Waals surface area (Å²) in [5, 5.41) is 11.7. The molecule has 0 saturated heterocycles. The smallest absolute Gasteiger partial charge is 0.381 e. The fraction of sp³-hybridized carbons (Fsp3) is 0.462. The predicted octanol–water partition coefficient (Wildman–Crippen LogP) is 3.12. The van der Waals surface area contributed by atoms with E-state index in [0.717, 1.165) is 18.9 Å². The lowest BCUT2D eigenvalue weighted by Crippen LogP contribution is -2.28. The Balaban J connectivity index is 3.02. The van der Waals surface area contributed by atoms with Crippen LogP contribution >= 0.6 is 0 Å². The topological polar surface area (TPSA) is 61.8 Å². The fourth-order valence-electron chi connectivity index (χ4n) is 1.80. The Morgan fingerprint density at radius 2 is 2.11 bits per heavy atom. The van der Waals surface area contributed by atoms with Crippen LogP contribution in [0.3, 0.4) is 0 Å². The quantitative estimate of drug-likeness (QED) is 0.865. The van der Waals surface area contributed by atoms with Crippen molar-refractivity contribution in [3.63, 3.8) is 0 Å². The second-order valence-corrected chi connectivity index (χ2v) is 4.24. The number of nitrogens with zero attached hydrogens (tertiary/aromatic N) is 1. The first-order chi connectivity index (χ1) is 8.92. The standard InChI is InChI=1S/C13H16F3N3/c1-2-3-11(8-18)19-10-5-4-9(7-17)12(6-10)13(14,15)16/h4-6,11,19H,2-3,8,18H2,1H3. The highest BCUT2D eigenvalue weighted by molar-refractivity contribution is 5.53. The van der Waals surface area contributed by atoms with Crippen LogP contribution < -0.4 is 11.1 Å². The molecule has 0 aliphatic heterocycles. The third-order valence-electron chi connectivity index (χ3n) is 2.74. The highest BCUT2D eigenvalue weighted by atomic mass is 19.4. The maximum Gasteiger partial charge on any atom is 0.417 e. The van der Waals surface area contributed by atoms with Gasteiger partial charge in [-0.15, -0.1) is 0 Å². The number of hydrogen-bond acceptors (Lipinski definition) is 3. The van der Waals surface area contributed by atoms with Crippen molar-refractivity contribution in [2.75, 3.05) is 11.9 Å². The Bertz CT molecular complexity index is 463. The summed E-state index contributed by atoms with van der Waals surface area (Å²) in [4.78, 5) is 0. The van der Waals surface area contributed by atoms with Gasteiger partial charge in [0.2, 0.25) is 0 Å². The zero-order chi connectivity index (χ0) is 14.5. The number of rotatable bonds is 5. The first-order valence-electron chi connectivity index (χ1n) is 6.00. The van der Waals surface area contributed by atoms with Gasteiger partial charge in [-0.25, -0.2) is 0 Å². The molecule has 1 unspecified atom stereocenters. The van der Waals surface area contributed by atoms with Gasteiger partial charge in [-0.1, -0.05) is 13.3 Å². The van der Waals surface area contributed by atoms with E-state index in [4.69, 9.17) is 11.0 Å². The van der Waals surface area contributed by atoms with Gasteiger partial charge in [-0.2, -0.15) is 18.4 Å². The maximum atomic E-state index is 12.8. The summed E-state index contributed by atoms with van der Waals surface area (Å²) in [6.07, 6.45) is -2.87. The molecule has 19 heavy (non-hydrogen) atoms. The Hall–Kier alpha value is -1.74. The van der Waals surface area contributed by atoms with Crippen molar-refractivity contribution in [2.24, 2.45) is 5.73 Å². The monoisotopic (exact) mass is 271 g/mol. The molecule has 0 fully saturated rings. The minimum absolute atomic E-state index is 0.0704. The van der Waals surface area contributed by atoms with E-state index in [2.05, 4.69) is 5.32 Å². The van der Waals surface area contributed by atoms with Crippen LogP contribution in [-0.2, 0) is 6.18 Å². The molecular formula is C13H16F3N3. The number of hydrogen-bond donors (Lipinski definition) is 2. The van der Waals surface area contributed by atoms with Crippen LogP contribution in [0.25, 0.3) is 0 Å². The molecule has 104 valence electrons. The van der Waals surface area contributed by atoms with Gasteiger partial charge in [0.15, 0.2) is 0 Å². The van der Waals surface area contributed by atoms with Crippen molar-refractivity contribution < 1.29 is 13.2 Å². The second kappa shape index (κ2) is 6.43. The largest absolute Gasteiger partial charge is 0.417 e. The van der Waals surface area contributed by atoms with Crippen LogP contribution in [0.2, 0.25) is 0 Å². The summed E-state index contributed by atoms with van der Waals surface area (Å²) in [7, 11) is 0. The number of benzene rings is 1. The van der Waals surface area contributed by atoms with Crippen LogP contribution in [-0.4, -0.2) is 12.6 Å². The molecule has 1 aromatic rings. The number of nitriles is 1. The van der Waals surface area contributed by atoms with Crippen molar-refractivity contribution in [3.8, 4) is 6.07 Å². The van der Waals surface area contributed by atoms with E-state index < -0.39 is 11.7 Å². The van der Waals surface area contributed by atoms with Crippen molar-refractivity contribution in [1.29, 1.82) is 5.26 Å².